The van der Waals surface area contributed by atoms with Crippen LogP contribution >= 0.6 is 34.8 Å². The second-order valence-corrected chi connectivity index (χ2v) is 31.5. The number of aromatic nitrogens is 6. The monoisotopic (exact) mass is 1630 g/mol. The highest BCUT2D eigenvalue weighted by Gasteiger charge is 2.38. The minimum absolute atomic E-state index is 0.00497. The third-order valence-electron chi connectivity index (χ3n) is 18.0. The first-order valence-electron chi connectivity index (χ1n) is 36.3. The Morgan fingerprint density at radius 2 is 0.789 bits per heavy atom. The molecule has 10 amide bonds. The Hall–Kier alpha value is -11.6. The maximum absolute atomic E-state index is 14.2. The van der Waals surface area contributed by atoms with Crippen molar-refractivity contribution in [3.05, 3.63) is 181 Å². The smallest absolute Gasteiger partial charge is 0.303 e. The van der Waals surface area contributed by atoms with Crippen LogP contribution in [0.4, 0.5) is 24.5 Å². The molecule has 3 heterocycles. The van der Waals surface area contributed by atoms with Crippen molar-refractivity contribution in [1.29, 1.82) is 0 Å². The van der Waals surface area contributed by atoms with Crippen molar-refractivity contribution in [3.8, 4) is 0 Å². The number of anilines is 2. The number of carboxylic acids is 1. The molecule has 114 heavy (non-hydrogen) atoms. The highest BCUT2D eigenvalue weighted by atomic mass is 35.5. The van der Waals surface area contributed by atoms with Gasteiger partial charge in [0.1, 0.15) is 37.1 Å². The quantitative estimate of drug-likeness (QED) is 0.0216. The summed E-state index contributed by atoms with van der Waals surface area (Å²) in [6, 6.07) is 28.6. The molecule has 0 aliphatic heterocycles. The van der Waals surface area contributed by atoms with Gasteiger partial charge in [-0.2, -0.15) is 15.3 Å². The lowest BCUT2D eigenvalue weighted by atomic mass is 9.92. The number of amides is 10. The minimum atomic E-state index is -0.757. The van der Waals surface area contributed by atoms with Crippen molar-refractivity contribution in [3.63, 3.8) is 0 Å². The van der Waals surface area contributed by atoms with E-state index in [-0.39, 0.29) is 167 Å². The number of carboxylic acid groups (broad SMARTS) is 1. The zero-order chi connectivity index (χ0) is 83.4. The summed E-state index contributed by atoms with van der Waals surface area (Å²) in [6.45, 7) is 12.2. The van der Waals surface area contributed by atoms with Crippen LogP contribution < -0.4 is 44.2 Å². The van der Waals surface area contributed by atoms with E-state index in [9.17, 15) is 65.9 Å². The molecule has 3 saturated carbocycles. The number of carbonyl (C=O) groups is 11. The zero-order valence-electron chi connectivity index (χ0n) is 63.7. The molecule has 0 unspecified atom stereocenters. The van der Waals surface area contributed by atoms with E-state index in [4.69, 9.17) is 62.8 Å². The van der Waals surface area contributed by atoms with Crippen LogP contribution in [0.2, 0.25) is 15.1 Å². The van der Waals surface area contributed by atoms with Gasteiger partial charge in [-0.05, 0) is 123 Å². The predicted molar refractivity (Wildman–Crippen MR) is 422 cm³/mol. The molecule has 29 nitrogen and oxygen atoms in total. The van der Waals surface area contributed by atoms with Gasteiger partial charge < -0.3 is 64.0 Å². The number of hydrogen-bond acceptors (Lipinski definition) is 15. The predicted octanol–water partition coefficient (Wildman–Crippen LogP) is 9.48. The number of hydrogen-bond donors (Lipinski definition) is 9. The van der Waals surface area contributed by atoms with Gasteiger partial charge in [-0.15, -0.1) is 0 Å². The summed E-state index contributed by atoms with van der Waals surface area (Å²) in [5.74, 6) is -7.15. The molecule has 0 bridgehead atoms. The number of aliphatic carboxylic acids is 1. The van der Waals surface area contributed by atoms with Crippen LogP contribution in [0.25, 0.3) is 32.7 Å². The number of carbonyl (C=O) groups excluding carboxylic acids is 10. The summed E-state index contributed by atoms with van der Waals surface area (Å²) in [4.78, 5) is 140. The Morgan fingerprint density at radius 1 is 0.465 bits per heavy atom. The number of primary amides is 3. The molecule has 35 heteroatoms. The van der Waals surface area contributed by atoms with Crippen LogP contribution in [0.1, 0.15) is 147 Å². The van der Waals surface area contributed by atoms with E-state index in [1.807, 2.05) is 60.6 Å². The average Bonchev–Trinajstić information content (AvgIpc) is 1.64. The number of nitrogens with two attached hydrogens (primary N) is 4. The Balaban J connectivity index is 0.000000187. The number of nitrogens with one attached hydrogen (secondary N) is 4. The highest BCUT2D eigenvalue weighted by Crippen LogP contribution is 2.33. The normalized spacial score (nSPS) is 13.1. The Bertz CT molecular complexity index is 5010. The van der Waals surface area contributed by atoms with Gasteiger partial charge in [-0.3, -0.25) is 66.8 Å². The van der Waals surface area contributed by atoms with Crippen LogP contribution in [-0.2, 0) is 77.6 Å². The number of fused-ring (bicyclic) bond motifs is 3. The molecule has 0 radical (unpaired) electrons. The zero-order valence-corrected chi connectivity index (χ0v) is 66.0. The standard InChI is InChI=1S/C28H32ClFN6O4.C23H23ClFN5O3.C22H22ClFN6O3.C6H12O2/c1-28(2,3)12-22(37)33-17-7-10-19-21(11-17)36(34-26(19)27(31)40)15-24(39)35(18-8-9-18)14-23(38)32-13-16-5-4-6-20(29)25(16)30;1-13-5-8-16-18(9-13)30(28-22(16)23(26)33)12-20(32)29(15-6-7-15)11-19(31)27-10-14-3-2-4-17(24)21(14)25;23-16-3-1-2-12(20(16)24)9-27-18(31)10-29(14-5-6-14)19(32)11-30-17-8-13(25)4-7-15(17)21(28-30)22(26)33;1-6(2,3)4-5(7)8/h4-7,10-11,18H,8-9,12-15H2,1-3H3,(H2,31,40)(H,32,38)(H,33,37);2-5,8-9,15H,6-7,10-12H2,1H3,(H2,26,33)(H,27,31);1-4,7-8,14H,5-6,9-11,25H2,(H2,26,33)(H,27,31);4H2,1-3H3,(H,7,8). The minimum Gasteiger partial charge on any atom is -0.481 e. The Kier molecular flexibility index (Phi) is 28.3. The third-order valence-corrected chi connectivity index (χ3v) is 18.9. The topological polar surface area (TPSA) is 423 Å². The molecule has 12 rings (SSSR count). The van der Waals surface area contributed by atoms with E-state index in [0.29, 0.717) is 50.5 Å². The summed E-state index contributed by atoms with van der Waals surface area (Å²) in [5, 5.41) is 33.1. The van der Waals surface area contributed by atoms with E-state index in [1.54, 1.807) is 60.7 Å². The van der Waals surface area contributed by atoms with Gasteiger partial charge in [-0.25, -0.2) is 13.2 Å². The van der Waals surface area contributed by atoms with E-state index in [1.165, 1.54) is 65.1 Å². The molecule has 3 fully saturated rings. The number of nitrogens with zero attached hydrogens (tertiary/aromatic N) is 9. The lowest BCUT2D eigenvalue weighted by Gasteiger charge is -2.22. The molecule has 3 aliphatic rings. The Morgan fingerprint density at radius 3 is 1.11 bits per heavy atom. The lowest BCUT2D eigenvalue weighted by molar-refractivity contribution is -0.139. The number of benzene rings is 6. The summed E-state index contributed by atoms with van der Waals surface area (Å²) in [5.41, 5.74) is 26.3. The fourth-order valence-corrected chi connectivity index (χ4v) is 12.7. The largest absolute Gasteiger partial charge is 0.481 e. The second-order valence-electron chi connectivity index (χ2n) is 30.3. The molecule has 3 aromatic heterocycles. The molecule has 604 valence electrons. The first-order chi connectivity index (χ1) is 53.7. The molecule has 6 aromatic carbocycles. The van der Waals surface area contributed by atoms with Crippen LogP contribution in [0.5, 0.6) is 0 Å². The van der Waals surface area contributed by atoms with Crippen molar-refractivity contribution in [2.75, 3.05) is 30.7 Å². The van der Waals surface area contributed by atoms with Crippen LogP contribution in [-0.4, -0.2) is 152 Å². The molecule has 0 saturated heterocycles. The van der Waals surface area contributed by atoms with Crippen molar-refractivity contribution >= 4 is 144 Å². The average molecular weight is 1630 g/mol. The molecular formula is C79H89Cl3F3N17O12. The number of aryl methyl sites for hydroxylation is 1. The molecule has 3 aliphatic carbocycles. The SMILES string of the molecule is CC(C)(C)CC(=O)Nc1ccc2c(C(N)=O)nn(CC(=O)N(CC(=O)NCc3cccc(Cl)c3F)C3CC3)c2c1.CC(C)(C)CC(=O)O.Cc1ccc2c(C(N)=O)nn(CC(=O)N(CC(=O)NCc3cccc(Cl)c3F)C3CC3)c2c1.NC(=O)c1nn(CC(=O)N(CC(=O)NCc2cccc(Cl)c2F)C2CC2)c2cc(N)ccc12. The number of halogens is 6. The summed E-state index contributed by atoms with van der Waals surface area (Å²) in [7, 11) is 0. The fourth-order valence-electron chi connectivity index (χ4n) is 12.1. The molecule has 0 spiro atoms. The van der Waals surface area contributed by atoms with Gasteiger partial charge in [0, 0.05) is 88.4 Å². The summed E-state index contributed by atoms with van der Waals surface area (Å²) >= 11 is 17.4. The van der Waals surface area contributed by atoms with E-state index < -0.39 is 58.9 Å². The van der Waals surface area contributed by atoms with Crippen molar-refractivity contribution in [1.82, 2.24) is 60.0 Å². The maximum atomic E-state index is 14.2. The van der Waals surface area contributed by atoms with Crippen LogP contribution in [0, 0.1) is 35.2 Å². The van der Waals surface area contributed by atoms with Gasteiger partial charge in [-0.1, -0.05) is 125 Å². The Labute approximate surface area is 668 Å². The van der Waals surface area contributed by atoms with Crippen molar-refractivity contribution in [2.45, 2.75) is 157 Å². The molecular weight excluding hydrogens is 1540 g/mol. The van der Waals surface area contributed by atoms with Gasteiger partial charge >= 0.3 is 5.97 Å². The lowest BCUT2D eigenvalue weighted by Crippen LogP contribution is -2.43. The van der Waals surface area contributed by atoms with Gasteiger partial charge in [0.2, 0.25) is 41.4 Å². The van der Waals surface area contributed by atoms with Crippen molar-refractivity contribution < 1.29 is 71.0 Å². The highest BCUT2D eigenvalue weighted by molar-refractivity contribution is 6.31. The fraction of sp³-hybridized carbons (Fsp3) is 0.367. The number of rotatable bonds is 27. The van der Waals surface area contributed by atoms with Gasteiger partial charge in [0.25, 0.3) is 17.7 Å². The first kappa shape index (κ1) is 86.3. The molecule has 9 aromatic rings. The van der Waals surface area contributed by atoms with E-state index >= 15 is 0 Å². The number of nitrogen functional groups attached to an aromatic ring is 1. The van der Waals surface area contributed by atoms with Crippen molar-refractivity contribution in [2.24, 2.45) is 28.0 Å². The maximum Gasteiger partial charge on any atom is 0.303 e. The van der Waals surface area contributed by atoms with Crippen LogP contribution in [0.3, 0.4) is 0 Å². The molecule has 13 N–H and O–H groups in total. The second kappa shape index (κ2) is 37.3. The third kappa shape index (κ3) is 24.0. The van der Waals surface area contributed by atoms with Gasteiger partial charge in [0.05, 0.1) is 57.7 Å². The van der Waals surface area contributed by atoms with Crippen LogP contribution in [0.15, 0.2) is 109 Å². The molecule has 0 atom stereocenters. The summed E-state index contributed by atoms with van der Waals surface area (Å²) in [6.07, 6.45) is 5.20. The summed E-state index contributed by atoms with van der Waals surface area (Å²) < 4.78 is 46.4. The van der Waals surface area contributed by atoms with E-state index in [0.717, 1.165) is 44.1 Å². The first-order valence-corrected chi connectivity index (χ1v) is 37.5. The van der Waals surface area contributed by atoms with E-state index in [2.05, 4.69) is 36.6 Å². The van der Waals surface area contributed by atoms with Gasteiger partial charge in [0.15, 0.2) is 17.1 Å².